The minimum absolute atomic E-state index is 0.0304. The predicted octanol–water partition coefficient (Wildman–Crippen LogP) is 2.61. The summed E-state index contributed by atoms with van der Waals surface area (Å²) in [5, 5.41) is 0.539. The minimum Gasteiger partial charge on any atom is -0.456 e. The zero-order valence-electron chi connectivity index (χ0n) is 13.2. The van der Waals surface area contributed by atoms with Crippen molar-refractivity contribution in [2.45, 2.75) is 24.7 Å². The molecule has 2 aliphatic heterocycles. The molecule has 128 valence electrons. The van der Waals surface area contributed by atoms with E-state index in [9.17, 15) is 0 Å². The molecule has 2 fully saturated rings. The number of nitrogens with one attached hydrogen (secondary N) is 1. The van der Waals surface area contributed by atoms with Gasteiger partial charge in [0.2, 0.25) is 0 Å². The number of hydrogen-bond donors (Lipinski definition) is 1. The van der Waals surface area contributed by atoms with Crippen LogP contribution in [0.5, 0.6) is 6.01 Å². The molecule has 2 aliphatic rings. The quantitative estimate of drug-likeness (QED) is 0.775. The number of halogens is 1. The van der Waals surface area contributed by atoms with E-state index in [0.717, 1.165) is 17.5 Å². The Morgan fingerprint density at radius 2 is 2.08 bits per heavy atom. The van der Waals surface area contributed by atoms with Crippen LogP contribution in [0, 0.1) is 0 Å². The minimum atomic E-state index is -0.164. The zero-order chi connectivity index (χ0) is 16.8. The summed E-state index contributed by atoms with van der Waals surface area (Å²) < 4.78 is 17.3. The number of rotatable bonds is 3. The van der Waals surface area contributed by atoms with Crippen molar-refractivity contribution in [3.63, 3.8) is 0 Å². The lowest BCUT2D eigenvalue weighted by Gasteiger charge is -2.15. The predicted molar refractivity (Wildman–Crippen MR) is 90.6 cm³/mol. The molecule has 0 bridgehead atoms. The Bertz CT molecular complexity index is 917. The highest BCUT2D eigenvalue weighted by Gasteiger charge is 2.43. The van der Waals surface area contributed by atoms with Crippen LogP contribution in [0.4, 0.5) is 0 Å². The lowest BCUT2D eigenvalue weighted by molar-refractivity contribution is 0.0273. The smallest absolute Gasteiger partial charge is 0.296 e. The molecule has 0 aromatic carbocycles. The van der Waals surface area contributed by atoms with Gasteiger partial charge in [0.15, 0.2) is 11.8 Å². The molecule has 1 unspecified atom stereocenters. The maximum atomic E-state index is 6.38. The van der Waals surface area contributed by atoms with E-state index in [-0.39, 0.29) is 18.3 Å². The van der Waals surface area contributed by atoms with E-state index in [1.165, 1.54) is 0 Å². The maximum Gasteiger partial charge on any atom is 0.296 e. The first kappa shape index (κ1) is 15.1. The molecule has 0 amide bonds. The highest BCUT2D eigenvalue weighted by atomic mass is 35.5. The normalized spacial score (nSPS) is 25.4. The molecule has 5 heterocycles. The molecule has 0 aliphatic carbocycles. The van der Waals surface area contributed by atoms with Gasteiger partial charge in [-0.25, -0.2) is 4.98 Å². The van der Waals surface area contributed by atoms with E-state index in [0.29, 0.717) is 35.6 Å². The Hall–Kier alpha value is -2.22. The van der Waals surface area contributed by atoms with E-state index in [4.69, 9.17) is 25.8 Å². The zero-order valence-corrected chi connectivity index (χ0v) is 13.9. The monoisotopic (exact) mass is 358 g/mol. The Labute approximate surface area is 148 Å². The Kier molecular flexibility index (Phi) is 3.58. The van der Waals surface area contributed by atoms with Crippen LogP contribution in [0.2, 0.25) is 5.02 Å². The highest BCUT2D eigenvalue weighted by Crippen LogP contribution is 2.31. The van der Waals surface area contributed by atoms with Gasteiger partial charge in [-0.3, -0.25) is 4.98 Å². The van der Waals surface area contributed by atoms with Crippen LogP contribution in [-0.4, -0.2) is 51.5 Å². The van der Waals surface area contributed by atoms with Crippen molar-refractivity contribution in [2.24, 2.45) is 0 Å². The summed E-state index contributed by atoms with van der Waals surface area (Å²) in [5.74, 6) is 0. The molecule has 5 rings (SSSR count). The van der Waals surface area contributed by atoms with Crippen LogP contribution in [0.15, 0.2) is 30.6 Å². The van der Waals surface area contributed by atoms with E-state index >= 15 is 0 Å². The maximum absolute atomic E-state index is 6.38. The summed E-state index contributed by atoms with van der Waals surface area (Å²) in [6.07, 6.45) is 4.25. The van der Waals surface area contributed by atoms with Crippen LogP contribution >= 0.6 is 11.6 Å². The molecule has 2 saturated heterocycles. The number of hydrogen-bond acceptors (Lipinski definition) is 6. The third-order valence-electron chi connectivity index (χ3n) is 4.54. The standard InChI is InChI=1S/C17H15ClN4O3/c18-10-7-11-16(21-14(10)9-1-4-19-5-2-9)22-17(20-11)25-13-8-24-12-3-6-23-15(12)13/h1-2,4-5,7,12-13,15H,3,6,8H2,(H,20,21,22)/t12-,13?,15+/m1/s1. The van der Waals surface area contributed by atoms with Crippen LogP contribution in [0.1, 0.15) is 6.42 Å². The van der Waals surface area contributed by atoms with E-state index in [2.05, 4.69) is 19.9 Å². The summed E-state index contributed by atoms with van der Waals surface area (Å²) in [6.45, 7) is 1.21. The second-order valence-electron chi connectivity index (χ2n) is 6.12. The molecule has 7 nitrogen and oxygen atoms in total. The van der Waals surface area contributed by atoms with Gasteiger partial charge in [-0.2, -0.15) is 4.98 Å². The Balaban J connectivity index is 1.46. The Morgan fingerprint density at radius 3 is 2.96 bits per heavy atom. The first-order valence-corrected chi connectivity index (χ1v) is 8.52. The molecule has 8 heteroatoms. The number of pyridine rings is 2. The highest BCUT2D eigenvalue weighted by molar-refractivity contribution is 6.33. The number of aromatic nitrogens is 4. The summed E-state index contributed by atoms with van der Waals surface area (Å²) >= 11 is 6.38. The summed E-state index contributed by atoms with van der Waals surface area (Å²) in [5.41, 5.74) is 2.83. The number of aromatic amines is 1. The van der Waals surface area contributed by atoms with Gasteiger partial charge in [0.1, 0.15) is 6.10 Å². The molecule has 0 spiro atoms. The lowest BCUT2D eigenvalue weighted by Crippen LogP contribution is -2.32. The topological polar surface area (TPSA) is 82.2 Å². The lowest BCUT2D eigenvalue weighted by atomic mass is 10.1. The van der Waals surface area contributed by atoms with Gasteiger partial charge in [-0.05, 0) is 24.6 Å². The first-order chi connectivity index (χ1) is 12.3. The number of nitrogens with zero attached hydrogens (tertiary/aromatic N) is 3. The fourth-order valence-corrected chi connectivity index (χ4v) is 3.60. The van der Waals surface area contributed by atoms with Gasteiger partial charge in [0.05, 0.1) is 28.9 Å². The number of H-pyrrole nitrogens is 1. The molecule has 3 aromatic rings. The van der Waals surface area contributed by atoms with Crippen molar-refractivity contribution in [3.05, 3.63) is 35.6 Å². The fraction of sp³-hybridized carbons (Fsp3) is 0.353. The summed E-state index contributed by atoms with van der Waals surface area (Å²) in [6, 6.07) is 5.92. The van der Waals surface area contributed by atoms with Gasteiger partial charge < -0.3 is 19.2 Å². The van der Waals surface area contributed by atoms with Crippen molar-refractivity contribution in [2.75, 3.05) is 13.2 Å². The van der Waals surface area contributed by atoms with Crippen molar-refractivity contribution in [1.82, 2.24) is 19.9 Å². The van der Waals surface area contributed by atoms with Crippen molar-refractivity contribution in [3.8, 4) is 17.3 Å². The third-order valence-corrected chi connectivity index (χ3v) is 4.83. The Morgan fingerprint density at radius 1 is 1.20 bits per heavy atom. The van der Waals surface area contributed by atoms with Crippen LogP contribution in [0.3, 0.4) is 0 Å². The van der Waals surface area contributed by atoms with Crippen molar-refractivity contribution < 1.29 is 14.2 Å². The number of fused-ring (bicyclic) bond motifs is 2. The van der Waals surface area contributed by atoms with Crippen molar-refractivity contribution in [1.29, 1.82) is 0 Å². The van der Waals surface area contributed by atoms with Gasteiger partial charge in [0, 0.05) is 24.6 Å². The average molecular weight is 359 g/mol. The van der Waals surface area contributed by atoms with E-state index in [1.54, 1.807) is 18.5 Å². The van der Waals surface area contributed by atoms with Gasteiger partial charge in [-0.1, -0.05) is 11.6 Å². The first-order valence-electron chi connectivity index (χ1n) is 8.14. The fourth-order valence-electron chi connectivity index (χ4n) is 3.34. The summed E-state index contributed by atoms with van der Waals surface area (Å²) in [7, 11) is 0. The third kappa shape index (κ3) is 2.64. The van der Waals surface area contributed by atoms with Gasteiger partial charge in [0.25, 0.3) is 6.01 Å². The average Bonchev–Trinajstić information content (AvgIpc) is 3.32. The molecular weight excluding hydrogens is 344 g/mol. The molecule has 3 aromatic heterocycles. The van der Waals surface area contributed by atoms with E-state index < -0.39 is 0 Å². The van der Waals surface area contributed by atoms with Crippen LogP contribution in [0.25, 0.3) is 22.4 Å². The molecule has 1 N–H and O–H groups in total. The number of imidazole rings is 1. The van der Waals surface area contributed by atoms with Crippen LogP contribution in [-0.2, 0) is 9.47 Å². The second kappa shape index (κ2) is 5.94. The largest absolute Gasteiger partial charge is 0.456 e. The molecule has 0 saturated carbocycles. The SMILES string of the molecule is Clc1cc2[nH]c(OC3CO[C@@H]4CCO[C@H]34)nc2nc1-c1ccncc1. The molecular formula is C17H15ClN4O3. The van der Waals surface area contributed by atoms with Crippen LogP contribution < -0.4 is 4.74 Å². The molecule has 3 atom stereocenters. The van der Waals surface area contributed by atoms with Crippen molar-refractivity contribution >= 4 is 22.8 Å². The molecule has 25 heavy (non-hydrogen) atoms. The van der Waals surface area contributed by atoms with Gasteiger partial charge >= 0.3 is 0 Å². The molecule has 0 radical (unpaired) electrons. The second-order valence-corrected chi connectivity index (χ2v) is 6.53. The number of ether oxygens (including phenoxy) is 3. The van der Waals surface area contributed by atoms with E-state index in [1.807, 2.05) is 12.1 Å². The summed E-state index contributed by atoms with van der Waals surface area (Å²) in [4.78, 5) is 16.1. The van der Waals surface area contributed by atoms with Gasteiger partial charge in [-0.15, -0.1) is 0 Å².